The zero-order valence-electron chi connectivity index (χ0n) is 13.0. The number of alkyl halides is 6. The summed E-state index contributed by atoms with van der Waals surface area (Å²) in [4.78, 5) is -0.402. The van der Waals surface area contributed by atoms with E-state index in [1.165, 1.54) is 6.08 Å². The number of nitrogens with one attached hydrogen (secondary N) is 1. The standard InChI is InChI=1S/C15H13F6NO3S/c16-14(17,18)13-4-2-1-3-10(13)9-22-26(23,24)12-7-5-11(6-8-12)25-15(19,20)21/h3-8,22H,1-2,9H2. The van der Waals surface area contributed by atoms with Crippen molar-refractivity contribution in [3.8, 4) is 5.75 Å². The average molecular weight is 401 g/mol. The van der Waals surface area contributed by atoms with Crippen molar-refractivity contribution in [2.45, 2.75) is 30.3 Å². The molecule has 0 heterocycles. The van der Waals surface area contributed by atoms with E-state index in [1.807, 2.05) is 4.72 Å². The van der Waals surface area contributed by atoms with Crippen molar-refractivity contribution in [1.82, 2.24) is 4.72 Å². The van der Waals surface area contributed by atoms with Crippen LogP contribution in [0.2, 0.25) is 0 Å². The molecule has 1 aromatic rings. The van der Waals surface area contributed by atoms with Gasteiger partial charge in [0.05, 0.1) is 10.5 Å². The molecule has 2 rings (SSSR count). The smallest absolute Gasteiger partial charge is 0.406 e. The number of ether oxygens (including phenoxy) is 1. The van der Waals surface area contributed by atoms with E-state index in [9.17, 15) is 34.8 Å². The Labute approximate surface area is 145 Å². The van der Waals surface area contributed by atoms with E-state index in [0.717, 1.165) is 30.3 Å². The Balaban J connectivity index is 2.09. The minimum absolute atomic E-state index is 0.200. The van der Waals surface area contributed by atoms with Crippen molar-refractivity contribution in [2.24, 2.45) is 0 Å². The van der Waals surface area contributed by atoms with Gasteiger partial charge < -0.3 is 4.74 Å². The molecule has 1 N–H and O–H groups in total. The fraction of sp³-hybridized carbons (Fsp3) is 0.333. The topological polar surface area (TPSA) is 55.4 Å². The van der Waals surface area contributed by atoms with Crippen molar-refractivity contribution >= 4 is 10.0 Å². The molecule has 0 unspecified atom stereocenters. The molecule has 0 radical (unpaired) electrons. The predicted molar refractivity (Wildman–Crippen MR) is 79.8 cm³/mol. The average Bonchev–Trinajstić information content (AvgIpc) is 2.51. The van der Waals surface area contributed by atoms with Crippen LogP contribution in [-0.4, -0.2) is 27.5 Å². The van der Waals surface area contributed by atoms with Gasteiger partial charge in [0, 0.05) is 6.54 Å². The van der Waals surface area contributed by atoms with Gasteiger partial charge in [-0.25, -0.2) is 13.1 Å². The number of hydrogen-bond donors (Lipinski definition) is 1. The summed E-state index contributed by atoms with van der Waals surface area (Å²) < 4.78 is 105. The Hall–Kier alpha value is -2.01. The van der Waals surface area contributed by atoms with Crippen molar-refractivity contribution in [3.63, 3.8) is 0 Å². The van der Waals surface area contributed by atoms with Crippen LogP contribution in [0.5, 0.6) is 5.75 Å². The number of sulfonamides is 1. The number of halogens is 6. The molecule has 1 aliphatic rings. The van der Waals surface area contributed by atoms with E-state index >= 15 is 0 Å². The van der Waals surface area contributed by atoms with Crippen molar-refractivity contribution in [2.75, 3.05) is 6.54 Å². The highest BCUT2D eigenvalue weighted by Gasteiger charge is 2.36. The summed E-state index contributed by atoms with van der Waals surface area (Å²) in [5.41, 5.74) is -1.11. The number of benzene rings is 1. The van der Waals surface area contributed by atoms with Gasteiger partial charge in [0.1, 0.15) is 5.75 Å². The summed E-state index contributed by atoms with van der Waals surface area (Å²) in [6.07, 6.45) is -6.69. The minimum atomic E-state index is -4.92. The third-order valence-corrected chi connectivity index (χ3v) is 4.79. The third-order valence-electron chi connectivity index (χ3n) is 3.38. The van der Waals surface area contributed by atoms with Crippen LogP contribution in [0.4, 0.5) is 26.3 Å². The predicted octanol–water partition coefficient (Wildman–Crippen LogP) is 4.07. The normalized spacial score (nSPS) is 16.1. The maximum absolute atomic E-state index is 12.9. The maximum atomic E-state index is 12.9. The van der Waals surface area contributed by atoms with Gasteiger partial charge in [-0.2, -0.15) is 13.2 Å². The first-order chi connectivity index (χ1) is 11.9. The SMILES string of the molecule is O=S(=O)(NCC1=CCCC=C1C(F)(F)F)c1ccc(OC(F)(F)F)cc1. The first kappa shape index (κ1) is 20.3. The lowest BCUT2D eigenvalue weighted by Gasteiger charge is -2.19. The van der Waals surface area contributed by atoms with E-state index in [2.05, 4.69) is 4.74 Å². The second kappa shape index (κ2) is 7.31. The van der Waals surface area contributed by atoms with Crippen LogP contribution in [0.25, 0.3) is 0 Å². The first-order valence-corrected chi connectivity index (χ1v) is 8.69. The molecular weight excluding hydrogens is 388 g/mol. The van der Waals surface area contributed by atoms with E-state index in [0.29, 0.717) is 6.42 Å². The van der Waals surface area contributed by atoms with Crippen molar-refractivity contribution in [3.05, 3.63) is 47.6 Å². The van der Waals surface area contributed by atoms with Crippen LogP contribution < -0.4 is 9.46 Å². The summed E-state index contributed by atoms with van der Waals surface area (Å²) in [6, 6.07) is 3.31. The fourth-order valence-electron chi connectivity index (χ4n) is 2.27. The lowest BCUT2D eigenvalue weighted by Crippen LogP contribution is -2.29. The Bertz CT molecular complexity index is 807. The van der Waals surface area contributed by atoms with Gasteiger partial charge in [0.25, 0.3) is 0 Å². The van der Waals surface area contributed by atoms with Gasteiger partial charge in [-0.3, -0.25) is 0 Å². The van der Waals surface area contributed by atoms with E-state index < -0.39 is 45.3 Å². The Morgan fingerprint density at radius 2 is 1.54 bits per heavy atom. The molecule has 0 bridgehead atoms. The van der Waals surface area contributed by atoms with Crippen LogP contribution >= 0.6 is 0 Å². The molecule has 0 spiro atoms. The summed E-state index contributed by atoms with van der Waals surface area (Å²) in [7, 11) is -4.21. The molecule has 0 aromatic heterocycles. The monoisotopic (exact) mass is 401 g/mol. The molecule has 0 saturated carbocycles. The molecule has 0 amide bonds. The molecular formula is C15H13F6NO3S. The van der Waals surface area contributed by atoms with E-state index in [1.54, 1.807) is 0 Å². The van der Waals surface area contributed by atoms with E-state index in [4.69, 9.17) is 0 Å². The fourth-order valence-corrected chi connectivity index (χ4v) is 3.27. The highest BCUT2D eigenvalue weighted by atomic mass is 32.2. The summed E-state index contributed by atoms with van der Waals surface area (Å²) in [5.74, 6) is -0.617. The zero-order valence-corrected chi connectivity index (χ0v) is 13.8. The Kier molecular flexibility index (Phi) is 5.71. The molecule has 1 aromatic carbocycles. The van der Waals surface area contributed by atoms with Crippen LogP contribution in [0, 0.1) is 0 Å². The second-order valence-corrected chi connectivity index (χ2v) is 7.03. The molecule has 1 aliphatic carbocycles. The van der Waals surface area contributed by atoms with Gasteiger partial charge in [0.15, 0.2) is 0 Å². The van der Waals surface area contributed by atoms with Gasteiger partial charge in [-0.05, 0) is 42.7 Å². The van der Waals surface area contributed by atoms with Crippen LogP contribution in [-0.2, 0) is 10.0 Å². The molecule has 26 heavy (non-hydrogen) atoms. The highest BCUT2D eigenvalue weighted by molar-refractivity contribution is 7.89. The van der Waals surface area contributed by atoms with Gasteiger partial charge in [0.2, 0.25) is 10.0 Å². The molecule has 0 fully saturated rings. The molecule has 4 nitrogen and oxygen atoms in total. The first-order valence-electron chi connectivity index (χ1n) is 7.21. The number of allylic oxidation sites excluding steroid dienone is 2. The number of rotatable bonds is 5. The third kappa shape index (κ3) is 5.49. The maximum Gasteiger partial charge on any atom is 0.573 e. The van der Waals surface area contributed by atoms with Gasteiger partial charge >= 0.3 is 12.5 Å². The van der Waals surface area contributed by atoms with Crippen LogP contribution in [0.15, 0.2) is 52.5 Å². The van der Waals surface area contributed by atoms with Crippen LogP contribution in [0.3, 0.4) is 0 Å². The number of hydrogen-bond acceptors (Lipinski definition) is 3. The molecule has 0 saturated heterocycles. The molecule has 144 valence electrons. The second-order valence-electron chi connectivity index (χ2n) is 5.27. The summed E-state index contributed by atoms with van der Waals surface area (Å²) in [5, 5.41) is 0. The Morgan fingerprint density at radius 1 is 0.962 bits per heavy atom. The van der Waals surface area contributed by atoms with Crippen molar-refractivity contribution in [1.29, 1.82) is 0 Å². The lowest BCUT2D eigenvalue weighted by atomic mass is 9.97. The van der Waals surface area contributed by atoms with Gasteiger partial charge in [-0.15, -0.1) is 13.2 Å². The van der Waals surface area contributed by atoms with Crippen LogP contribution in [0.1, 0.15) is 12.8 Å². The largest absolute Gasteiger partial charge is 0.573 e. The molecule has 0 aliphatic heterocycles. The van der Waals surface area contributed by atoms with Crippen molar-refractivity contribution < 1.29 is 39.5 Å². The lowest BCUT2D eigenvalue weighted by molar-refractivity contribution is -0.274. The quantitative estimate of drug-likeness (QED) is 0.757. The zero-order chi connectivity index (χ0) is 19.6. The minimum Gasteiger partial charge on any atom is -0.406 e. The summed E-state index contributed by atoms with van der Waals surface area (Å²) in [6.45, 7) is -0.589. The Morgan fingerprint density at radius 3 is 2.08 bits per heavy atom. The summed E-state index contributed by atoms with van der Waals surface area (Å²) >= 11 is 0. The molecule has 0 atom stereocenters. The van der Waals surface area contributed by atoms with Gasteiger partial charge in [-0.1, -0.05) is 12.2 Å². The highest BCUT2D eigenvalue weighted by Crippen LogP contribution is 2.34. The van der Waals surface area contributed by atoms with E-state index in [-0.39, 0.29) is 12.0 Å². The molecule has 11 heteroatoms.